The van der Waals surface area contributed by atoms with Crippen LogP contribution in [0.5, 0.6) is 5.75 Å². The first kappa shape index (κ1) is 22.0. The number of rotatable bonds is 6. The van der Waals surface area contributed by atoms with Gasteiger partial charge in [-0.3, -0.25) is 14.4 Å². The molecule has 168 valence electrons. The summed E-state index contributed by atoms with van der Waals surface area (Å²) in [5, 5.41) is 15.3. The molecule has 3 fully saturated rings. The van der Waals surface area contributed by atoms with Crippen molar-refractivity contribution in [3.63, 3.8) is 0 Å². The van der Waals surface area contributed by atoms with Crippen LogP contribution in [0.25, 0.3) is 0 Å². The third kappa shape index (κ3) is 3.23. The fraction of sp³-hybridized carbons (Fsp3) is 0.571. The molecule has 3 amide bonds. The lowest BCUT2D eigenvalue weighted by Gasteiger charge is -2.35. The number of anilines is 1. The van der Waals surface area contributed by atoms with E-state index in [1.165, 1.54) is 11.9 Å². The van der Waals surface area contributed by atoms with Gasteiger partial charge in [-0.15, -0.1) is 0 Å². The molecule has 7 atom stereocenters. The monoisotopic (exact) mass is 495 g/mol. The third-order valence-corrected chi connectivity index (χ3v) is 7.47. The van der Waals surface area contributed by atoms with E-state index >= 15 is 0 Å². The molecular formula is C21H26BrN3O6. The summed E-state index contributed by atoms with van der Waals surface area (Å²) >= 11 is 3.59. The van der Waals surface area contributed by atoms with Crippen LogP contribution >= 0.6 is 15.9 Å². The van der Waals surface area contributed by atoms with Crippen LogP contribution in [0.15, 0.2) is 24.3 Å². The predicted molar refractivity (Wildman–Crippen MR) is 115 cm³/mol. The second-order valence-electron chi connectivity index (χ2n) is 8.27. The molecule has 4 rings (SSSR count). The van der Waals surface area contributed by atoms with Gasteiger partial charge in [-0.25, -0.2) is 0 Å². The predicted octanol–water partition coefficient (Wildman–Crippen LogP) is 0.509. The molecule has 31 heavy (non-hydrogen) atoms. The molecule has 0 aliphatic carbocycles. The highest BCUT2D eigenvalue weighted by atomic mass is 79.9. The number of nitrogens with one attached hydrogen (secondary N) is 2. The first-order valence-electron chi connectivity index (χ1n) is 10.2. The highest BCUT2D eigenvalue weighted by Gasteiger charge is 2.76. The van der Waals surface area contributed by atoms with E-state index < -0.39 is 41.5 Å². The first-order chi connectivity index (χ1) is 14.8. The SMILES string of the molecule is CNC(=O)[C@H]1[C@H]2C(=O)N([C@H](C)CO)C(C(=O)Nc3ccc(OC)cc3)C23CC(Br)[C@@H]1O3. The standard InChI is InChI=1S/C21H26BrN3O6/c1-10(9-26)25-17(19(28)24-11-4-6-12(30-3)7-5-11)21-8-13(22)16(31-21)14(18(27)23-2)15(21)20(25)29/h4-7,10,13-17,26H,8-9H2,1-3H3,(H,23,27)(H,24,28)/t10-,13?,14+,15+,16+,17?,21?/m1/s1. The van der Waals surface area contributed by atoms with Gasteiger partial charge in [0.1, 0.15) is 17.4 Å². The molecular weight excluding hydrogens is 470 g/mol. The molecule has 10 heteroatoms. The molecule has 3 aliphatic heterocycles. The van der Waals surface area contributed by atoms with Crippen molar-refractivity contribution < 1.29 is 29.0 Å². The lowest BCUT2D eigenvalue weighted by molar-refractivity contribution is -0.143. The van der Waals surface area contributed by atoms with E-state index in [9.17, 15) is 19.5 Å². The Kier molecular flexibility index (Phi) is 5.74. The number of likely N-dealkylation sites (tertiary alicyclic amines) is 1. The van der Waals surface area contributed by atoms with Crippen LogP contribution in [0.3, 0.4) is 0 Å². The number of hydrogen-bond donors (Lipinski definition) is 3. The summed E-state index contributed by atoms with van der Waals surface area (Å²) in [7, 11) is 3.07. The van der Waals surface area contributed by atoms with Gasteiger partial charge in [0.05, 0.1) is 37.7 Å². The Hall–Kier alpha value is -2.17. The van der Waals surface area contributed by atoms with Crippen molar-refractivity contribution in [3.05, 3.63) is 24.3 Å². The van der Waals surface area contributed by atoms with Crippen molar-refractivity contribution in [2.45, 2.75) is 42.0 Å². The van der Waals surface area contributed by atoms with Gasteiger partial charge in [0, 0.05) is 17.6 Å². The quantitative estimate of drug-likeness (QED) is 0.495. The average molecular weight is 496 g/mol. The maximum absolute atomic E-state index is 13.5. The largest absolute Gasteiger partial charge is 0.497 e. The van der Waals surface area contributed by atoms with Crippen molar-refractivity contribution in [3.8, 4) is 5.75 Å². The second kappa shape index (κ2) is 8.07. The van der Waals surface area contributed by atoms with E-state index in [0.717, 1.165) is 0 Å². The van der Waals surface area contributed by atoms with Crippen molar-refractivity contribution >= 4 is 39.3 Å². The van der Waals surface area contributed by atoms with E-state index in [1.54, 1.807) is 38.3 Å². The van der Waals surface area contributed by atoms with Crippen LogP contribution in [0, 0.1) is 11.8 Å². The Balaban J connectivity index is 1.72. The summed E-state index contributed by atoms with van der Waals surface area (Å²) in [5.41, 5.74) is -0.604. The molecule has 3 N–H and O–H groups in total. The van der Waals surface area contributed by atoms with Gasteiger partial charge >= 0.3 is 0 Å². The van der Waals surface area contributed by atoms with E-state index in [4.69, 9.17) is 9.47 Å². The van der Waals surface area contributed by atoms with Crippen LogP contribution in [-0.2, 0) is 19.1 Å². The number of benzene rings is 1. The summed E-state index contributed by atoms with van der Waals surface area (Å²) in [4.78, 5) is 40.9. The molecule has 0 saturated carbocycles. The van der Waals surface area contributed by atoms with Crippen molar-refractivity contribution in [2.75, 3.05) is 26.1 Å². The molecule has 9 nitrogen and oxygen atoms in total. The van der Waals surface area contributed by atoms with Gasteiger partial charge in [0.25, 0.3) is 0 Å². The average Bonchev–Trinajstić information content (AvgIpc) is 3.36. The highest BCUT2D eigenvalue weighted by molar-refractivity contribution is 9.09. The minimum absolute atomic E-state index is 0.167. The summed E-state index contributed by atoms with van der Waals surface area (Å²) < 4.78 is 11.4. The second-order valence-corrected chi connectivity index (χ2v) is 9.45. The smallest absolute Gasteiger partial charge is 0.250 e. The van der Waals surface area contributed by atoms with Crippen LogP contribution in [0.4, 0.5) is 5.69 Å². The molecule has 0 radical (unpaired) electrons. The summed E-state index contributed by atoms with van der Waals surface area (Å²) in [6, 6.07) is 5.26. The number of methoxy groups -OCH3 is 1. The topological polar surface area (TPSA) is 117 Å². The number of aliphatic hydroxyl groups excluding tert-OH is 1. The first-order valence-corrected chi connectivity index (χ1v) is 11.1. The number of carbonyl (C=O) groups is 3. The van der Waals surface area contributed by atoms with Crippen LogP contribution in [-0.4, -0.2) is 77.1 Å². The molecule has 1 aromatic rings. The van der Waals surface area contributed by atoms with Crippen LogP contribution in [0.1, 0.15) is 13.3 Å². The van der Waals surface area contributed by atoms with Crippen molar-refractivity contribution in [1.82, 2.24) is 10.2 Å². The number of carbonyl (C=O) groups excluding carboxylic acids is 3. The minimum Gasteiger partial charge on any atom is -0.497 e. The Morgan fingerprint density at radius 2 is 2.03 bits per heavy atom. The molecule has 1 spiro atoms. The Bertz CT molecular complexity index is 896. The minimum atomic E-state index is -1.15. The number of hydrogen-bond acceptors (Lipinski definition) is 6. The number of fused-ring (bicyclic) bond motifs is 1. The van der Waals surface area contributed by atoms with E-state index in [-0.39, 0.29) is 23.2 Å². The summed E-state index contributed by atoms with van der Waals surface area (Å²) in [6.45, 7) is 1.36. The van der Waals surface area contributed by atoms with Gasteiger partial charge in [0.15, 0.2) is 0 Å². The zero-order valence-corrected chi connectivity index (χ0v) is 19.1. The Morgan fingerprint density at radius 3 is 2.61 bits per heavy atom. The number of ether oxygens (including phenoxy) is 2. The fourth-order valence-electron chi connectivity index (χ4n) is 5.28. The van der Waals surface area contributed by atoms with Crippen LogP contribution in [0.2, 0.25) is 0 Å². The number of alkyl halides is 1. The zero-order valence-electron chi connectivity index (χ0n) is 17.5. The van der Waals surface area contributed by atoms with Gasteiger partial charge in [-0.1, -0.05) is 15.9 Å². The molecule has 0 aromatic heterocycles. The molecule has 3 heterocycles. The maximum Gasteiger partial charge on any atom is 0.250 e. The van der Waals surface area contributed by atoms with Gasteiger partial charge in [-0.05, 0) is 37.6 Å². The van der Waals surface area contributed by atoms with Gasteiger partial charge < -0.3 is 30.1 Å². The van der Waals surface area contributed by atoms with Gasteiger partial charge in [-0.2, -0.15) is 0 Å². The lowest BCUT2D eigenvalue weighted by Crippen LogP contribution is -2.56. The molecule has 3 saturated heterocycles. The Morgan fingerprint density at radius 1 is 1.35 bits per heavy atom. The summed E-state index contributed by atoms with van der Waals surface area (Å²) in [5.74, 6) is -1.89. The van der Waals surface area contributed by atoms with E-state index in [1.807, 2.05) is 0 Å². The summed E-state index contributed by atoms with van der Waals surface area (Å²) in [6.07, 6.45) is -0.0894. The normalized spacial score (nSPS) is 34.4. The van der Waals surface area contributed by atoms with E-state index in [0.29, 0.717) is 17.9 Å². The third-order valence-electron chi connectivity index (χ3n) is 6.62. The molecule has 2 bridgehead atoms. The zero-order chi connectivity index (χ0) is 22.5. The number of aliphatic hydroxyl groups is 1. The lowest BCUT2D eigenvalue weighted by atomic mass is 9.70. The Labute approximate surface area is 188 Å². The fourth-order valence-corrected chi connectivity index (χ4v) is 6.22. The molecule has 3 unspecified atom stereocenters. The molecule has 3 aliphatic rings. The van der Waals surface area contributed by atoms with Gasteiger partial charge in [0.2, 0.25) is 17.7 Å². The van der Waals surface area contributed by atoms with Crippen molar-refractivity contribution in [2.24, 2.45) is 11.8 Å². The number of amides is 3. The van der Waals surface area contributed by atoms with E-state index in [2.05, 4.69) is 26.6 Å². The van der Waals surface area contributed by atoms with Crippen LogP contribution < -0.4 is 15.4 Å². The number of halogens is 1. The highest BCUT2D eigenvalue weighted by Crippen LogP contribution is 2.60. The number of nitrogens with zero attached hydrogens (tertiary/aromatic N) is 1. The maximum atomic E-state index is 13.5. The van der Waals surface area contributed by atoms with Crippen molar-refractivity contribution in [1.29, 1.82) is 0 Å². The molecule has 1 aromatic carbocycles.